The zero-order chi connectivity index (χ0) is 17.4. The number of rotatable bonds is 3. The third kappa shape index (κ3) is 2.83. The first-order chi connectivity index (χ1) is 12.1. The maximum absolute atomic E-state index is 5.91. The molecule has 4 aromatic rings. The lowest BCUT2D eigenvalue weighted by Crippen LogP contribution is -1.91. The van der Waals surface area contributed by atoms with Crippen molar-refractivity contribution in [2.24, 2.45) is 0 Å². The van der Waals surface area contributed by atoms with Crippen molar-refractivity contribution < 1.29 is 9.15 Å². The number of fused-ring (bicyclic) bond motifs is 1. The van der Waals surface area contributed by atoms with E-state index in [1.807, 2.05) is 30.3 Å². The van der Waals surface area contributed by atoms with E-state index in [0.717, 1.165) is 27.8 Å². The van der Waals surface area contributed by atoms with Crippen molar-refractivity contribution in [3.63, 3.8) is 0 Å². The predicted octanol–water partition coefficient (Wildman–Crippen LogP) is 5.06. The molecule has 0 aliphatic heterocycles. The molecule has 0 unspecified atom stereocenters. The fourth-order valence-corrected chi connectivity index (χ4v) is 2.86. The molecule has 0 saturated carbocycles. The van der Waals surface area contributed by atoms with E-state index in [1.54, 1.807) is 13.2 Å². The smallest absolute Gasteiger partial charge is 0.231 e. The minimum atomic E-state index is 0.500. The van der Waals surface area contributed by atoms with E-state index in [1.165, 1.54) is 5.56 Å². The number of nitrogens with zero attached hydrogens (tertiary/aromatic N) is 1. The van der Waals surface area contributed by atoms with Crippen LogP contribution in [0, 0.1) is 6.92 Å². The number of nitrogen functional groups attached to an aromatic ring is 1. The molecule has 124 valence electrons. The molecule has 0 amide bonds. The second-order valence-electron chi connectivity index (χ2n) is 6.03. The molecule has 3 aromatic carbocycles. The molecule has 2 N–H and O–H groups in total. The zero-order valence-electron chi connectivity index (χ0n) is 14.1. The molecular formula is C21H18N2O2. The highest BCUT2D eigenvalue weighted by Crippen LogP contribution is 2.34. The van der Waals surface area contributed by atoms with Crippen LogP contribution in [0.2, 0.25) is 0 Å². The fraction of sp³-hybridized carbons (Fsp3) is 0.0952. The van der Waals surface area contributed by atoms with Crippen molar-refractivity contribution in [2.75, 3.05) is 12.8 Å². The molecule has 25 heavy (non-hydrogen) atoms. The van der Waals surface area contributed by atoms with Crippen molar-refractivity contribution in [2.45, 2.75) is 6.92 Å². The number of aromatic nitrogens is 1. The van der Waals surface area contributed by atoms with Crippen LogP contribution in [0.1, 0.15) is 5.56 Å². The summed E-state index contributed by atoms with van der Waals surface area (Å²) in [5.41, 5.74) is 12.3. The molecule has 0 radical (unpaired) electrons. The minimum absolute atomic E-state index is 0.500. The van der Waals surface area contributed by atoms with Crippen LogP contribution >= 0.6 is 0 Å². The number of aryl methyl sites for hydroxylation is 1. The van der Waals surface area contributed by atoms with E-state index in [-0.39, 0.29) is 0 Å². The lowest BCUT2D eigenvalue weighted by molar-refractivity contribution is 0.415. The fourth-order valence-electron chi connectivity index (χ4n) is 2.86. The van der Waals surface area contributed by atoms with Gasteiger partial charge < -0.3 is 14.9 Å². The molecule has 4 rings (SSSR count). The van der Waals surface area contributed by atoms with Gasteiger partial charge in [0, 0.05) is 5.69 Å². The van der Waals surface area contributed by atoms with Gasteiger partial charge in [-0.05, 0) is 48.4 Å². The third-order valence-electron chi connectivity index (χ3n) is 4.23. The van der Waals surface area contributed by atoms with Crippen LogP contribution in [0.25, 0.3) is 33.7 Å². The van der Waals surface area contributed by atoms with Crippen LogP contribution < -0.4 is 10.5 Å². The van der Waals surface area contributed by atoms with Crippen LogP contribution in [-0.2, 0) is 0 Å². The Balaban J connectivity index is 1.81. The second kappa shape index (κ2) is 5.98. The number of anilines is 1. The summed E-state index contributed by atoms with van der Waals surface area (Å²) >= 11 is 0. The Morgan fingerprint density at radius 1 is 0.920 bits per heavy atom. The van der Waals surface area contributed by atoms with Gasteiger partial charge in [-0.15, -0.1) is 0 Å². The van der Waals surface area contributed by atoms with E-state index in [9.17, 15) is 0 Å². The van der Waals surface area contributed by atoms with Crippen LogP contribution in [0.3, 0.4) is 0 Å². The number of ether oxygens (including phenoxy) is 1. The third-order valence-corrected chi connectivity index (χ3v) is 4.23. The molecule has 0 bridgehead atoms. The van der Waals surface area contributed by atoms with Gasteiger partial charge in [0.25, 0.3) is 0 Å². The van der Waals surface area contributed by atoms with Gasteiger partial charge in [-0.3, -0.25) is 0 Å². The molecule has 0 saturated heterocycles. The SMILES string of the molecule is COc1ccc(N)cc1-c1nc2cc(-c3ccc(C)cc3)ccc2o1. The highest BCUT2D eigenvalue weighted by Gasteiger charge is 2.14. The summed E-state index contributed by atoms with van der Waals surface area (Å²) in [5, 5.41) is 0. The molecule has 1 heterocycles. The summed E-state index contributed by atoms with van der Waals surface area (Å²) in [6, 6.07) is 19.9. The number of hydrogen-bond donors (Lipinski definition) is 1. The number of oxazole rings is 1. The molecule has 0 aliphatic rings. The van der Waals surface area contributed by atoms with Gasteiger partial charge >= 0.3 is 0 Å². The summed E-state index contributed by atoms with van der Waals surface area (Å²) < 4.78 is 11.3. The van der Waals surface area contributed by atoms with Crippen LogP contribution in [-0.4, -0.2) is 12.1 Å². The molecule has 0 spiro atoms. The van der Waals surface area contributed by atoms with E-state index in [2.05, 4.69) is 36.2 Å². The summed E-state index contributed by atoms with van der Waals surface area (Å²) in [4.78, 5) is 4.63. The zero-order valence-corrected chi connectivity index (χ0v) is 14.1. The van der Waals surface area contributed by atoms with Crippen LogP contribution in [0.5, 0.6) is 5.75 Å². The Labute approximate surface area is 145 Å². The lowest BCUT2D eigenvalue weighted by atomic mass is 10.0. The number of benzene rings is 3. The minimum Gasteiger partial charge on any atom is -0.496 e. The number of methoxy groups -OCH3 is 1. The molecule has 0 atom stereocenters. The monoisotopic (exact) mass is 330 g/mol. The van der Waals surface area contributed by atoms with Crippen molar-refractivity contribution in [3.05, 3.63) is 66.2 Å². The van der Waals surface area contributed by atoms with E-state index < -0.39 is 0 Å². The van der Waals surface area contributed by atoms with Gasteiger partial charge in [-0.1, -0.05) is 35.9 Å². The normalized spacial score (nSPS) is 11.0. The van der Waals surface area contributed by atoms with E-state index in [0.29, 0.717) is 17.3 Å². The van der Waals surface area contributed by atoms with Crippen LogP contribution in [0.15, 0.2) is 65.1 Å². The summed E-state index contributed by atoms with van der Waals surface area (Å²) in [6.45, 7) is 2.08. The maximum Gasteiger partial charge on any atom is 0.231 e. The predicted molar refractivity (Wildman–Crippen MR) is 101 cm³/mol. The first-order valence-electron chi connectivity index (χ1n) is 8.05. The van der Waals surface area contributed by atoms with Crippen molar-refractivity contribution in [3.8, 4) is 28.3 Å². The quantitative estimate of drug-likeness (QED) is 0.533. The Kier molecular flexibility index (Phi) is 3.65. The molecule has 1 aromatic heterocycles. The largest absolute Gasteiger partial charge is 0.496 e. The highest BCUT2D eigenvalue weighted by molar-refractivity contribution is 5.83. The maximum atomic E-state index is 5.91. The Morgan fingerprint density at radius 3 is 2.44 bits per heavy atom. The van der Waals surface area contributed by atoms with Gasteiger partial charge in [-0.2, -0.15) is 0 Å². The van der Waals surface area contributed by atoms with E-state index >= 15 is 0 Å². The average molecular weight is 330 g/mol. The van der Waals surface area contributed by atoms with Crippen molar-refractivity contribution in [1.29, 1.82) is 0 Å². The van der Waals surface area contributed by atoms with Gasteiger partial charge in [0.05, 0.1) is 12.7 Å². The molecule has 0 fully saturated rings. The lowest BCUT2D eigenvalue weighted by Gasteiger charge is -2.05. The molecule has 0 aliphatic carbocycles. The molecular weight excluding hydrogens is 312 g/mol. The standard InChI is InChI=1S/C21H18N2O2/c1-13-3-5-14(6-4-13)15-7-9-20-18(11-15)23-21(25-20)17-12-16(22)8-10-19(17)24-2/h3-12H,22H2,1-2H3. The highest BCUT2D eigenvalue weighted by atomic mass is 16.5. The molecule has 4 nitrogen and oxygen atoms in total. The van der Waals surface area contributed by atoms with Crippen molar-refractivity contribution in [1.82, 2.24) is 4.98 Å². The first-order valence-corrected chi connectivity index (χ1v) is 8.05. The Bertz CT molecular complexity index is 1050. The van der Waals surface area contributed by atoms with Gasteiger partial charge in [-0.25, -0.2) is 4.98 Å². The Hall–Kier alpha value is -3.27. The average Bonchev–Trinajstić information content (AvgIpc) is 3.05. The van der Waals surface area contributed by atoms with Gasteiger partial charge in [0.15, 0.2) is 5.58 Å². The van der Waals surface area contributed by atoms with Crippen LogP contribution in [0.4, 0.5) is 5.69 Å². The Morgan fingerprint density at radius 2 is 1.68 bits per heavy atom. The van der Waals surface area contributed by atoms with E-state index in [4.69, 9.17) is 14.9 Å². The number of nitrogens with two attached hydrogens (primary N) is 1. The summed E-state index contributed by atoms with van der Waals surface area (Å²) in [5.74, 6) is 1.18. The second-order valence-corrected chi connectivity index (χ2v) is 6.03. The number of hydrogen-bond acceptors (Lipinski definition) is 4. The summed E-state index contributed by atoms with van der Waals surface area (Å²) in [7, 11) is 1.62. The van der Waals surface area contributed by atoms with Crippen molar-refractivity contribution >= 4 is 16.8 Å². The summed E-state index contributed by atoms with van der Waals surface area (Å²) in [6.07, 6.45) is 0. The topological polar surface area (TPSA) is 61.3 Å². The first kappa shape index (κ1) is 15.3. The van der Waals surface area contributed by atoms with Gasteiger partial charge in [0.1, 0.15) is 11.3 Å². The molecule has 4 heteroatoms. The van der Waals surface area contributed by atoms with Gasteiger partial charge in [0.2, 0.25) is 5.89 Å².